The predicted octanol–water partition coefficient (Wildman–Crippen LogP) is 4.12. The number of carbonyl (C=O) groups excluding carboxylic acids is 1. The van der Waals surface area contributed by atoms with Gasteiger partial charge in [-0.1, -0.05) is 36.7 Å². The molecular formula is C17H19ClF3N3O. The fourth-order valence-electron chi connectivity index (χ4n) is 2.50. The van der Waals surface area contributed by atoms with Gasteiger partial charge in [0.15, 0.2) is 0 Å². The number of amides is 1. The Morgan fingerprint density at radius 2 is 1.96 bits per heavy atom. The molecule has 8 heteroatoms. The third kappa shape index (κ3) is 4.54. The summed E-state index contributed by atoms with van der Waals surface area (Å²) in [5.41, 5.74) is 0.713. The van der Waals surface area contributed by atoms with Crippen molar-refractivity contribution < 1.29 is 18.0 Å². The summed E-state index contributed by atoms with van der Waals surface area (Å²) in [6.07, 6.45) is -4.45. The zero-order valence-electron chi connectivity index (χ0n) is 14.1. The molecule has 0 fully saturated rings. The number of alkyl halides is 3. The predicted molar refractivity (Wildman–Crippen MR) is 89.2 cm³/mol. The van der Waals surface area contributed by atoms with Gasteiger partial charge in [0.25, 0.3) is 0 Å². The molecule has 0 radical (unpaired) electrons. The average molecular weight is 374 g/mol. The summed E-state index contributed by atoms with van der Waals surface area (Å²) in [6.45, 7) is 5.37. The normalized spacial score (nSPS) is 12.9. The summed E-state index contributed by atoms with van der Waals surface area (Å²) < 4.78 is 40.5. The number of rotatable bonds is 5. The highest BCUT2D eigenvalue weighted by Crippen LogP contribution is 2.31. The molecule has 0 spiro atoms. The molecule has 0 saturated heterocycles. The molecule has 0 aliphatic heterocycles. The van der Waals surface area contributed by atoms with Gasteiger partial charge in [-0.3, -0.25) is 9.48 Å². The molecule has 2 aromatic rings. The number of aromatic nitrogens is 2. The van der Waals surface area contributed by atoms with E-state index in [4.69, 9.17) is 11.6 Å². The van der Waals surface area contributed by atoms with Gasteiger partial charge in [0.1, 0.15) is 0 Å². The van der Waals surface area contributed by atoms with Gasteiger partial charge in [-0.2, -0.15) is 18.3 Å². The zero-order chi connectivity index (χ0) is 18.8. The van der Waals surface area contributed by atoms with Gasteiger partial charge in [0, 0.05) is 6.54 Å². The monoisotopic (exact) mass is 373 g/mol. The quantitative estimate of drug-likeness (QED) is 0.856. The minimum atomic E-state index is -4.45. The molecular weight excluding hydrogens is 355 g/mol. The first kappa shape index (κ1) is 19.3. The molecule has 1 heterocycles. The largest absolute Gasteiger partial charge is 0.416 e. The molecule has 0 bridgehead atoms. The lowest BCUT2D eigenvalue weighted by molar-refractivity contribution is -0.138. The van der Waals surface area contributed by atoms with E-state index in [1.807, 2.05) is 0 Å². The summed E-state index contributed by atoms with van der Waals surface area (Å²) in [5.74, 6) is -0.812. The van der Waals surface area contributed by atoms with E-state index in [0.29, 0.717) is 17.3 Å². The summed E-state index contributed by atoms with van der Waals surface area (Å²) >= 11 is 6.07. The zero-order valence-corrected chi connectivity index (χ0v) is 14.9. The number of aryl methyl sites for hydroxylation is 1. The Morgan fingerprint density at radius 1 is 1.32 bits per heavy atom. The molecule has 1 unspecified atom stereocenters. The molecule has 0 saturated carbocycles. The molecule has 1 aromatic heterocycles. The van der Waals surface area contributed by atoms with Crippen molar-refractivity contribution in [3.05, 3.63) is 51.8 Å². The van der Waals surface area contributed by atoms with Crippen molar-refractivity contribution in [2.24, 2.45) is 5.92 Å². The SMILES string of the molecule is Cc1nn(CC(C)C(=O)NCc2ccccc2C(F)(F)F)c(C)c1Cl. The lowest BCUT2D eigenvalue weighted by Crippen LogP contribution is -2.32. The molecule has 25 heavy (non-hydrogen) atoms. The van der Waals surface area contributed by atoms with E-state index < -0.39 is 17.7 Å². The molecule has 0 aliphatic rings. The number of nitrogens with zero attached hydrogens (tertiary/aromatic N) is 2. The highest BCUT2D eigenvalue weighted by Gasteiger charge is 2.32. The van der Waals surface area contributed by atoms with Gasteiger partial charge in [-0.05, 0) is 25.5 Å². The fraction of sp³-hybridized carbons (Fsp3) is 0.412. The second-order valence-corrected chi connectivity index (χ2v) is 6.32. The van der Waals surface area contributed by atoms with Gasteiger partial charge < -0.3 is 5.32 Å². The van der Waals surface area contributed by atoms with Gasteiger partial charge in [0.2, 0.25) is 5.91 Å². The topological polar surface area (TPSA) is 46.9 Å². The molecule has 0 aliphatic carbocycles. The number of benzene rings is 1. The Bertz CT molecular complexity index is 771. The van der Waals surface area contributed by atoms with Crippen molar-refractivity contribution >= 4 is 17.5 Å². The van der Waals surface area contributed by atoms with Crippen LogP contribution in [0.25, 0.3) is 0 Å². The van der Waals surface area contributed by atoms with Crippen molar-refractivity contribution in [3.8, 4) is 0 Å². The van der Waals surface area contributed by atoms with Crippen LogP contribution in [-0.4, -0.2) is 15.7 Å². The van der Waals surface area contributed by atoms with E-state index in [1.54, 1.807) is 25.5 Å². The Hall–Kier alpha value is -2.02. The summed E-state index contributed by atoms with van der Waals surface area (Å²) in [6, 6.07) is 5.19. The van der Waals surface area contributed by atoms with Crippen LogP contribution in [-0.2, 0) is 24.1 Å². The van der Waals surface area contributed by atoms with Crippen LogP contribution in [0.1, 0.15) is 29.4 Å². The van der Waals surface area contributed by atoms with Crippen LogP contribution in [0.2, 0.25) is 5.02 Å². The summed E-state index contributed by atoms with van der Waals surface area (Å²) in [4.78, 5) is 12.2. The van der Waals surface area contributed by atoms with Gasteiger partial charge >= 0.3 is 6.18 Å². The maximum absolute atomic E-state index is 13.0. The number of halogens is 4. The van der Waals surface area contributed by atoms with Crippen LogP contribution >= 0.6 is 11.6 Å². The molecule has 4 nitrogen and oxygen atoms in total. The van der Waals surface area contributed by atoms with E-state index >= 15 is 0 Å². The van der Waals surface area contributed by atoms with Crippen LogP contribution in [0.5, 0.6) is 0 Å². The number of nitrogens with one attached hydrogen (secondary N) is 1. The molecule has 1 aromatic carbocycles. The van der Waals surface area contributed by atoms with Crippen molar-refractivity contribution in [2.75, 3.05) is 0 Å². The molecule has 1 amide bonds. The van der Waals surface area contributed by atoms with Crippen molar-refractivity contribution in [1.82, 2.24) is 15.1 Å². The third-order valence-corrected chi connectivity index (χ3v) is 4.51. The fourth-order valence-corrected chi connectivity index (χ4v) is 2.64. The van der Waals surface area contributed by atoms with Gasteiger partial charge in [-0.25, -0.2) is 0 Å². The smallest absolute Gasteiger partial charge is 0.352 e. The Kier molecular flexibility index (Phi) is 5.77. The molecule has 1 atom stereocenters. The van der Waals surface area contributed by atoms with E-state index in [0.717, 1.165) is 11.8 Å². The van der Waals surface area contributed by atoms with Gasteiger partial charge in [0.05, 0.1) is 34.4 Å². The Labute approximate surface area is 149 Å². The van der Waals surface area contributed by atoms with Crippen LogP contribution in [0.4, 0.5) is 13.2 Å². The first-order valence-corrected chi connectivity index (χ1v) is 8.11. The van der Waals surface area contributed by atoms with Crippen LogP contribution < -0.4 is 5.32 Å². The van der Waals surface area contributed by atoms with Crippen molar-refractivity contribution in [3.63, 3.8) is 0 Å². The number of hydrogen-bond donors (Lipinski definition) is 1. The van der Waals surface area contributed by atoms with Crippen molar-refractivity contribution in [1.29, 1.82) is 0 Å². The maximum atomic E-state index is 13.0. The van der Waals surface area contributed by atoms with Crippen LogP contribution in [0.15, 0.2) is 24.3 Å². The second kappa shape index (κ2) is 7.47. The maximum Gasteiger partial charge on any atom is 0.416 e. The number of hydrogen-bond acceptors (Lipinski definition) is 2. The van der Waals surface area contributed by atoms with E-state index in [2.05, 4.69) is 10.4 Å². The first-order valence-electron chi connectivity index (χ1n) is 7.73. The van der Waals surface area contributed by atoms with Crippen LogP contribution in [0.3, 0.4) is 0 Å². The van der Waals surface area contributed by atoms with Crippen LogP contribution in [0, 0.1) is 19.8 Å². The second-order valence-electron chi connectivity index (χ2n) is 5.94. The molecule has 136 valence electrons. The van der Waals surface area contributed by atoms with Crippen molar-refractivity contribution in [2.45, 2.75) is 40.0 Å². The highest BCUT2D eigenvalue weighted by atomic mass is 35.5. The number of carbonyl (C=O) groups is 1. The third-order valence-electron chi connectivity index (χ3n) is 3.96. The minimum absolute atomic E-state index is 0.0321. The van der Waals surface area contributed by atoms with E-state index in [1.165, 1.54) is 18.2 Å². The van der Waals surface area contributed by atoms with Gasteiger partial charge in [-0.15, -0.1) is 0 Å². The molecule has 1 N–H and O–H groups in total. The Morgan fingerprint density at radius 3 is 2.52 bits per heavy atom. The van der Waals surface area contributed by atoms with E-state index in [-0.39, 0.29) is 18.0 Å². The standard InChI is InChI=1S/C17H19ClF3N3O/c1-10(9-24-12(3)15(18)11(2)23-24)16(25)22-8-13-6-4-5-7-14(13)17(19,20)21/h4-7,10H,8-9H2,1-3H3,(H,22,25). The Balaban J connectivity index is 2.02. The summed E-state index contributed by atoms with van der Waals surface area (Å²) in [5, 5.41) is 7.36. The highest BCUT2D eigenvalue weighted by molar-refractivity contribution is 6.31. The minimum Gasteiger partial charge on any atom is -0.352 e. The summed E-state index contributed by atoms with van der Waals surface area (Å²) in [7, 11) is 0. The molecule has 2 rings (SSSR count). The van der Waals surface area contributed by atoms with E-state index in [9.17, 15) is 18.0 Å². The lowest BCUT2D eigenvalue weighted by Gasteiger charge is -2.16. The lowest BCUT2D eigenvalue weighted by atomic mass is 10.1. The first-order chi connectivity index (χ1) is 11.6. The average Bonchev–Trinajstić information content (AvgIpc) is 2.79.